The van der Waals surface area contributed by atoms with E-state index >= 15 is 0 Å². The third kappa shape index (κ3) is 2.40. The lowest BCUT2D eigenvalue weighted by Gasteiger charge is -2.05. The van der Waals surface area contributed by atoms with Crippen LogP contribution in [-0.2, 0) is 0 Å². The maximum Gasteiger partial charge on any atom is 0.194 e. The Morgan fingerprint density at radius 1 is 1.06 bits per heavy atom. The van der Waals surface area contributed by atoms with Crippen LogP contribution in [0.3, 0.4) is 0 Å². The van der Waals surface area contributed by atoms with E-state index in [9.17, 15) is 4.79 Å². The van der Waals surface area contributed by atoms with Crippen LogP contribution in [0.1, 0.15) is 27.0 Å². The summed E-state index contributed by atoms with van der Waals surface area (Å²) in [5.41, 5.74) is 3.50. The number of ketones is 1. The van der Waals surface area contributed by atoms with Gasteiger partial charge in [-0.05, 0) is 37.1 Å². The Morgan fingerprint density at radius 2 is 1.83 bits per heavy atom. The maximum atomic E-state index is 12.3. The molecule has 1 heterocycles. The van der Waals surface area contributed by atoms with Gasteiger partial charge in [-0.25, -0.2) is 0 Å². The van der Waals surface area contributed by atoms with Crippen molar-refractivity contribution in [3.8, 4) is 5.75 Å². The number of benzene rings is 1. The van der Waals surface area contributed by atoms with Gasteiger partial charge < -0.3 is 4.74 Å². The van der Waals surface area contributed by atoms with Gasteiger partial charge in [-0.2, -0.15) is 0 Å². The van der Waals surface area contributed by atoms with Crippen molar-refractivity contribution in [3.63, 3.8) is 0 Å². The molecule has 3 nitrogen and oxygen atoms in total. The Kier molecular flexibility index (Phi) is 3.42. The van der Waals surface area contributed by atoms with Crippen molar-refractivity contribution in [1.29, 1.82) is 0 Å². The number of methoxy groups -OCH3 is 1. The van der Waals surface area contributed by atoms with E-state index < -0.39 is 0 Å². The highest BCUT2D eigenvalue weighted by molar-refractivity contribution is 6.09. The molecule has 3 heteroatoms. The minimum absolute atomic E-state index is 0.0375. The predicted molar refractivity (Wildman–Crippen MR) is 70.1 cm³/mol. The lowest BCUT2D eigenvalue weighted by molar-refractivity contribution is 0.103. The molecule has 0 atom stereocenters. The van der Waals surface area contributed by atoms with Crippen molar-refractivity contribution in [2.75, 3.05) is 7.11 Å². The summed E-state index contributed by atoms with van der Waals surface area (Å²) >= 11 is 0. The monoisotopic (exact) mass is 241 g/mol. The summed E-state index contributed by atoms with van der Waals surface area (Å²) in [7, 11) is 1.56. The third-order valence-electron chi connectivity index (χ3n) is 2.98. The summed E-state index contributed by atoms with van der Waals surface area (Å²) in [5.74, 6) is 0.550. The fraction of sp³-hybridized carbons (Fsp3) is 0.200. The summed E-state index contributed by atoms with van der Waals surface area (Å²) in [6.07, 6.45) is 3.14. The quantitative estimate of drug-likeness (QED) is 0.775. The molecule has 1 aromatic heterocycles. The highest BCUT2D eigenvalue weighted by Crippen LogP contribution is 2.17. The molecule has 2 aromatic rings. The molecule has 92 valence electrons. The van der Waals surface area contributed by atoms with Gasteiger partial charge >= 0.3 is 0 Å². The van der Waals surface area contributed by atoms with Gasteiger partial charge in [0.05, 0.1) is 13.3 Å². The molecule has 0 aliphatic carbocycles. The molecule has 0 saturated heterocycles. The molecule has 0 bridgehead atoms. The van der Waals surface area contributed by atoms with E-state index in [0.29, 0.717) is 16.9 Å². The zero-order valence-electron chi connectivity index (χ0n) is 10.7. The highest BCUT2D eigenvalue weighted by atomic mass is 16.5. The molecule has 1 aromatic carbocycles. The molecule has 0 saturated carbocycles. The van der Waals surface area contributed by atoms with Gasteiger partial charge in [0.2, 0.25) is 0 Å². The average Bonchev–Trinajstić information content (AvgIpc) is 2.41. The van der Waals surface area contributed by atoms with E-state index in [1.165, 1.54) is 5.56 Å². The molecule has 0 aliphatic rings. The number of aromatic nitrogens is 1. The Hall–Kier alpha value is -2.16. The van der Waals surface area contributed by atoms with Gasteiger partial charge in [0.25, 0.3) is 0 Å². The van der Waals surface area contributed by atoms with E-state index in [0.717, 1.165) is 5.56 Å². The lowest BCUT2D eigenvalue weighted by atomic mass is 10.0. The summed E-state index contributed by atoms with van der Waals surface area (Å²) in [6, 6.07) is 7.39. The molecule has 0 unspecified atom stereocenters. The van der Waals surface area contributed by atoms with Gasteiger partial charge in [-0.15, -0.1) is 0 Å². The van der Waals surface area contributed by atoms with Crippen molar-refractivity contribution in [2.45, 2.75) is 13.8 Å². The van der Waals surface area contributed by atoms with Crippen LogP contribution >= 0.6 is 0 Å². The first-order chi connectivity index (χ1) is 8.61. The van der Waals surface area contributed by atoms with Gasteiger partial charge in [-0.1, -0.05) is 12.1 Å². The average molecular weight is 241 g/mol. The van der Waals surface area contributed by atoms with Gasteiger partial charge in [-0.3, -0.25) is 9.78 Å². The minimum atomic E-state index is -0.0375. The molecule has 2 rings (SSSR count). The number of aryl methyl sites for hydroxylation is 2. The van der Waals surface area contributed by atoms with Crippen LogP contribution in [0, 0.1) is 13.8 Å². The predicted octanol–water partition coefficient (Wildman–Crippen LogP) is 2.94. The lowest BCUT2D eigenvalue weighted by Crippen LogP contribution is -2.03. The summed E-state index contributed by atoms with van der Waals surface area (Å²) in [4.78, 5) is 16.3. The van der Waals surface area contributed by atoms with Crippen molar-refractivity contribution < 1.29 is 9.53 Å². The number of carbonyl (C=O) groups is 1. The smallest absolute Gasteiger partial charge is 0.194 e. The van der Waals surface area contributed by atoms with Gasteiger partial charge in [0.1, 0.15) is 5.75 Å². The Balaban J connectivity index is 2.38. The van der Waals surface area contributed by atoms with Crippen molar-refractivity contribution in [3.05, 3.63) is 58.9 Å². The second kappa shape index (κ2) is 5.00. The summed E-state index contributed by atoms with van der Waals surface area (Å²) < 4.78 is 5.07. The molecular weight excluding hydrogens is 226 g/mol. The first-order valence-electron chi connectivity index (χ1n) is 5.73. The zero-order valence-corrected chi connectivity index (χ0v) is 10.7. The summed E-state index contributed by atoms with van der Waals surface area (Å²) in [5, 5.41) is 0. The third-order valence-corrected chi connectivity index (χ3v) is 2.98. The Labute approximate surface area is 106 Å². The van der Waals surface area contributed by atoms with Crippen LogP contribution in [-0.4, -0.2) is 17.9 Å². The normalized spacial score (nSPS) is 10.2. The largest absolute Gasteiger partial charge is 0.495 e. The molecule has 0 spiro atoms. The number of hydrogen-bond acceptors (Lipinski definition) is 3. The Morgan fingerprint density at radius 3 is 2.50 bits per heavy atom. The van der Waals surface area contributed by atoms with E-state index in [2.05, 4.69) is 4.98 Å². The number of carbonyl (C=O) groups excluding carboxylic acids is 1. The fourth-order valence-electron chi connectivity index (χ4n) is 1.70. The van der Waals surface area contributed by atoms with Crippen LogP contribution in [0.5, 0.6) is 5.75 Å². The molecule has 0 N–H and O–H groups in total. The minimum Gasteiger partial charge on any atom is -0.495 e. The molecule has 0 aliphatic heterocycles. The fourth-order valence-corrected chi connectivity index (χ4v) is 1.70. The van der Waals surface area contributed by atoms with Gasteiger partial charge in [0, 0.05) is 17.3 Å². The van der Waals surface area contributed by atoms with Crippen molar-refractivity contribution in [2.24, 2.45) is 0 Å². The SMILES string of the molecule is COc1cncc(C(=O)c2ccc(C)c(C)c2)c1. The number of nitrogens with zero attached hydrogens (tertiary/aromatic N) is 1. The van der Waals surface area contributed by atoms with Crippen LogP contribution < -0.4 is 4.74 Å². The van der Waals surface area contributed by atoms with E-state index in [-0.39, 0.29) is 5.78 Å². The summed E-state index contributed by atoms with van der Waals surface area (Å²) in [6.45, 7) is 4.02. The Bertz CT molecular complexity index is 591. The van der Waals surface area contributed by atoms with Crippen molar-refractivity contribution in [1.82, 2.24) is 4.98 Å². The van der Waals surface area contributed by atoms with E-state index in [1.807, 2.05) is 32.0 Å². The second-order valence-corrected chi connectivity index (χ2v) is 4.24. The van der Waals surface area contributed by atoms with Crippen LogP contribution in [0.25, 0.3) is 0 Å². The van der Waals surface area contributed by atoms with E-state index in [4.69, 9.17) is 4.74 Å². The first kappa shape index (κ1) is 12.3. The topological polar surface area (TPSA) is 39.2 Å². The van der Waals surface area contributed by atoms with Crippen LogP contribution in [0.15, 0.2) is 36.7 Å². The molecule has 0 radical (unpaired) electrons. The number of pyridine rings is 1. The van der Waals surface area contributed by atoms with Gasteiger partial charge in [0.15, 0.2) is 5.78 Å². The second-order valence-electron chi connectivity index (χ2n) is 4.24. The molecule has 0 fully saturated rings. The first-order valence-corrected chi connectivity index (χ1v) is 5.73. The maximum absolute atomic E-state index is 12.3. The van der Waals surface area contributed by atoms with Crippen LogP contribution in [0.4, 0.5) is 0 Å². The highest BCUT2D eigenvalue weighted by Gasteiger charge is 2.11. The zero-order chi connectivity index (χ0) is 13.1. The van der Waals surface area contributed by atoms with E-state index in [1.54, 1.807) is 25.6 Å². The number of ether oxygens (including phenoxy) is 1. The molecule has 0 amide bonds. The van der Waals surface area contributed by atoms with Crippen LogP contribution in [0.2, 0.25) is 0 Å². The van der Waals surface area contributed by atoms with Crippen molar-refractivity contribution >= 4 is 5.78 Å². The number of hydrogen-bond donors (Lipinski definition) is 0. The molecule has 18 heavy (non-hydrogen) atoms. The molecular formula is C15H15NO2. The standard InChI is InChI=1S/C15H15NO2/c1-10-4-5-12(6-11(10)2)15(17)13-7-14(18-3)9-16-8-13/h4-9H,1-3H3. The number of rotatable bonds is 3.